The van der Waals surface area contributed by atoms with Crippen LogP contribution in [0.2, 0.25) is 0 Å². The van der Waals surface area contributed by atoms with E-state index in [-0.39, 0.29) is 5.41 Å². The second-order valence-corrected chi connectivity index (χ2v) is 8.43. The number of rotatable bonds is 5. The third kappa shape index (κ3) is 3.78. The third-order valence-electron chi connectivity index (χ3n) is 4.78. The molecule has 0 aromatic heterocycles. The maximum absolute atomic E-state index is 11.4. The van der Waals surface area contributed by atoms with Crippen molar-refractivity contribution in [1.29, 1.82) is 0 Å². The van der Waals surface area contributed by atoms with Crippen LogP contribution in [0.3, 0.4) is 0 Å². The molecule has 3 heteroatoms. The first-order chi connectivity index (χ1) is 12.4. The minimum atomic E-state index is -0.901. The number of carbonyl (C=O) groups is 1. The second-order valence-electron chi connectivity index (χ2n) is 7.12. The molecule has 134 valence electrons. The quantitative estimate of drug-likeness (QED) is 0.630. The van der Waals surface area contributed by atoms with E-state index >= 15 is 0 Å². The van der Waals surface area contributed by atoms with Crippen molar-refractivity contribution in [2.75, 3.05) is 5.75 Å². The lowest BCUT2D eigenvalue weighted by Crippen LogP contribution is -2.21. The van der Waals surface area contributed by atoms with Crippen molar-refractivity contribution in [3.05, 3.63) is 76.4 Å². The summed E-state index contributed by atoms with van der Waals surface area (Å²) in [5, 5.41) is 9.33. The summed E-state index contributed by atoms with van der Waals surface area (Å²) < 4.78 is 0. The number of hydrogen-bond donors (Lipinski definition) is 1. The smallest absolute Gasteiger partial charge is 0.336 e. The van der Waals surface area contributed by atoms with Crippen LogP contribution in [-0.2, 0) is 5.41 Å². The summed E-state index contributed by atoms with van der Waals surface area (Å²) >= 11 is 1.88. The second kappa shape index (κ2) is 7.55. The van der Waals surface area contributed by atoms with Crippen LogP contribution in [0.4, 0.5) is 0 Å². The number of hydrogen-bond acceptors (Lipinski definition) is 2. The minimum absolute atomic E-state index is 0.144. The van der Waals surface area contributed by atoms with Crippen molar-refractivity contribution in [1.82, 2.24) is 0 Å². The number of benzene rings is 2. The average Bonchev–Trinajstić information content (AvgIpc) is 2.62. The van der Waals surface area contributed by atoms with E-state index in [4.69, 9.17) is 0 Å². The van der Waals surface area contributed by atoms with Gasteiger partial charge < -0.3 is 5.11 Å². The van der Waals surface area contributed by atoms with Gasteiger partial charge in [0, 0.05) is 4.91 Å². The van der Waals surface area contributed by atoms with Crippen molar-refractivity contribution >= 4 is 34.8 Å². The van der Waals surface area contributed by atoms with Crippen molar-refractivity contribution in [3.63, 3.8) is 0 Å². The van der Waals surface area contributed by atoms with Gasteiger partial charge in [0.05, 0.1) is 5.56 Å². The van der Waals surface area contributed by atoms with Crippen LogP contribution in [0, 0.1) is 0 Å². The molecule has 0 saturated heterocycles. The van der Waals surface area contributed by atoms with Crippen molar-refractivity contribution < 1.29 is 9.90 Å². The lowest BCUT2D eigenvalue weighted by atomic mass is 9.75. The number of thioether (sulfide) groups is 1. The molecule has 2 aromatic carbocycles. The molecule has 0 saturated carbocycles. The summed E-state index contributed by atoms with van der Waals surface area (Å²) in [6, 6.07) is 13.7. The maximum atomic E-state index is 11.4. The molecule has 26 heavy (non-hydrogen) atoms. The SMILES string of the molecule is CCSC1=CCC(C)(C)c2ccc(C=Cc3ccccc3C(=O)O)cc21. The molecule has 0 spiro atoms. The topological polar surface area (TPSA) is 37.3 Å². The summed E-state index contributed by atoms with van der Waals surface area (Å²) in [5.41, 5.74) is 4.97. The molecular formula is C23H24O2S. The van der Waals surface area contributed by atoms with Gasteiger partial charge in [0.25, 0.3) is 0 Å². The largest absolute Gasteiger partial charge is 0.478 e. The molecule has 1 aliphatic rings. The average molecular weight is 365 g/mol. The number of fused-ring (bicyclic) bond motifs is 1. The molecule has 3 rings (SSSR count). The Morgan fingerprint density at radius 3 is 2.69 bits per heavy atom. The molecular weight excluding hydrogens is 340 g/mol. The molecule has 1 aliphatic carbocycles. The highest BCUT2D eigenvalue weighted by atomic mass is 32.2. The van der Waals surface area contributed by atoms with Crippen LogP contribution in [0.5, 0.6) is 0 Å². The highest BCUT2D eigenvalue weighted by molar-refractivity contribution is 8.08. The lowest BCUT2D eigenvalue weighted by Gasteiger charge is -2.32. The van der Waals surface area contributed by atoms with E-state index in [9.17, 15) is 9.90 Å². The van der Waals surface area contributed by atoms with E-state index in [1.807, 2.05) is 36.0 Å². The number of aromatic carboxylic acids is 1. The van der Waals surface area contributed by atoms with Gasteiger partial charge in [-0.3, -0.25) is 0 Å². The first kappa shape index (κ1) is 18.5. The highest BCUT2D eigenvalue weighted by Crippen LogP contribution is 2.43. The molecule has 2 nitrogen and oxygen atoms in total. The van der Waals surface area contributed by atoms with Gasteiger partial charge in [0.2, 0.25) is 0 Å². The number of carboxylic acid groups (broad SMARTS) is 1. The van der Waals surface area contributed by atoms with Crippen molar-refractivity contribution in [2.45, 2.75) is 32.6 Å². The van der Waals surface area contributed by atoms with Crippen LogP contribution in [0.15, 0.2) is 48.5 Å². The van der Waals surface area contributed by atoms with Gasteiger partial charge in [-0.05, 0) is 52.0 Å². The zero-order chi connectivity index (χ0) is 18.7. The number of carboxylic acids is 1. The van der Waals surface area contributed by atoms with Crippen LogP contribution in [-0.4, -0.2) is 16.8 Å². The number of allylic oxidation sites excluding steroid dienone is 1. The first-order valence-electron chi connectivity index (χ1n) is 8.90. The maximum Gasteiger partial charge on any atom is 0.336 e. The summed E-state index contributed by atoms with van der Waals surface area (Å²) in [4.78, 5) is 12.7. The van der Waals surface area contributed by atoms with Crippen molar-refractivity contribution in [2.24, 2.45) is 0 Å². The van der Waals surface area contributed by atoms with E-state index in [0.29, 0.717) is 5.56 Å². The third-order valence-corrected chi connectivity index (χ3v) is 5.77. The molecule has 0 bridgehead atoms. The molecule has 0 atom stereocenters. The Balaban J connectivity index is 1.98. The molecule has 1 N–H and O–H groups in total. The van der Waals surface area contributed by atoms with E-state index < -0.39 is 5.97 Å². The summed E-state index contributed by atoms with van der Waals surface area (Å²) in [6.07, 6.45) is 7.29. The standard InChI is InChI=1S/C23H24O2S/c1-4-26-21-13-14-23(2,3)20-12-10-16(15-19(20)21)9-11-17-7-5-6-8-18(17)22(24)25/h5-13,15H,4,14H2,1-3H3,(H,24,25). The van der Waals surface area contributed by atoms with E-state index in [1.54, 1.807) is 12.1 Å². The Kier molecular flexibility index (Phi) is 5.38. The first-order valence-corrected chi connectivity index (χ1v) is 9.89. The van der Waals surface area contributed by atoms with Crippen LogP contribution in [0.1, 0.15) is 59.8 Å². The lowest BCUT2D eigenvalue weighted by molar-refractivity contribution is 0.0696. The molecule has 0 radical (unpaired) electrons. The van der Waals surface area contributed by atoms with Gasteiger partial charge in [-0.2, -0.15) is 0 Å². The van der Waals surface area contributed by atoms with Gasteiger partial charge in [0.15, 0.2) is 0 Å². The molecule has 0 fully saturated rings. The van der Waals surface area contributed by atoms with Gasteiger partial charge in [-0.25, -0.2) is 4.79 Å². The highest BCUT2D eigenvalue weighted by Gasteiger charge is 2.27. The van der Waals surface area contributed by atoms with E-state index in [0.717, 1.165) is 23.3 Å². The fraction of sp³-hybridized carbons (Fsp3) is 0.261. The van der Waals surface area contributed by atoms with Gasteiger partial charge in [-0.1, -0.05) is 69.3 Å². The fourth-order valence-electron chi connectivity index (χ4n) is 3.34. The summed E-state index contributed by atoms with van der Waals surface area (Å²) in [5.74, 6) is 0.152. The Labute approximate surface area is 159 Å². The Hall–Kier alpha value is -2.26. The minimum Gasteiger partial charge on any atom is -0.478 e. The molecule has 0 heterocycles. The summed E-state index contributed by atoms with van der Waals surface area (Å²) in [7, 11) is 0. The normalized spacial score (nSPS) is 15.6. The van der Waals surface area contributed by atoms with Gasteiger partial charge >= 0.3 is 5.97 Å². The molecule has 2 aromatic rings. The Morgan fingerprint density at radius 2 is 1.96 bits per heavy atom. The van der Waals surface area contributed by atoms with Crippen molar-refractivity contribution in [3.8, 4) is 0 Å². The fourth-order valence-corrected chi connectivity index (χ4v) is 4.18. The van der Waals surface area contributed by atoms with Crippen LogP contribution < -0.4 is 0 Å². The monoisotopic (exact) mass is 364 g/mol. The summed E-state index contributed by atoms with van der Waals surface area (Å²) in [6.45, 7) is 6.75. The Morgan fingerprint density at radius 1 is 1.19 bits per heavy atom. The predicted molar refractivity (Wildman–Crippen MR) is 113 cm³/mol. The van der Waals surface area contributed by atoms with E-state index in [2.05, 4.69) is 45.0 Å². The van der Waals surface area contributed by atoms with E-state index in [1.165, 1.54) is 16.0 Å². The van der Waals surface area contributed by atoms with Gasteiger partial charge in [0.1, 0.15) is 0 Å². The Bertz CT molecular complexity index is 891. The van der Waals surface area contributed by atoms with Crippen LogP contribution in [0.25, 0.3) is 17.1 Å². The zero-order valence-corrected chi connectivity index (χ0v) is 16.3. The van der Waals surface area contributed by atoms with Gasteiger partial charge in [-0.15, -0.1) is 11.8 Å². The molecule has 0 amide bonds. The predicted octanol–water partition coefficient (Wildman–Crippen LogP) is 6.33. The van der Waals surface area contributed by atoms with Crippen LogP contribution >= 0.6 is 11.8 Å². The molecule has 0 unspecified atom stereocenters. The molecule has 0 aliphatic heterocycles. The zero-order valence-electron chi connectivity index (χ0n) is 15.5.